The Kier molecular flexibility index (Phi) is 7.19. The maximum absolute atomic E-state index is 12.4. The van der Waals surface area contributed by atoms with E-state index < -0.39 is 11.8 Å². The molecule has 3 aromatic carbocycles. The van der Waals surface area contributed by atoms with E-state index in [2.05, 4.69) is 10.5 Å². The molecule has 0 aromatic heterocycles. The van der Waals surface area contributed by atoms with Crippen LogP contribution in [0.25, 0.3) is 0 Å². The number of carbonyl (C=O) groups is 2. The topological polar surface area (TPSA) is 88.0 Å². The van der Waals surface area contributed by atoms with Crippen molar-refractivity contribution in [3.05, 3.63) is 112 Å². The zero-order chi connectivity index (χ0) is 22.2. The van der Waals surface area contributed by atoms with Crippen LogP contribution in [0.4, 0.5) is 0 Å². The Morgan fingerprint density at radius 1 is 0.903 bits per heavy atom. The fraction of sp³-hybridized carbons (Fsp3) is 0.0417. The minimum Gasteiger partial charge on any atom is -0.497 e. The van der Waals surface area contributed by atoms with Crippen molar-refractivity contribution in [1.82, 2.24) is 5.43 Å². The molecule has 0 aliphatic carbocycles. The van der Waals surface area contributed by atoms with Gasteiger partial charge in [0.25, 0.3) is 0 Å². The molecule has 0 spiro atoms. The number of nitrogens with one attached hydrogen (secondary N) is 1. The van der Waals surface area contributed by atoms with Gasteiger partial charge in [0, 0.05) is 27.8 Å². The molecule has 0 atom stereocenters. The van der Waals surface area contributed by atoms with Gasteiger partial charge in [-0.1, -0.05) is 41.9 Å². The summed E-state index contributed by atoms with van der Waals surface area (Å²) in [6, 6.07) is 22.7. The predicted molar refractivity (Wildman–Crippen MR) is 120 cm³/mol. The smallest absolute Gasteiger partial charge is 0.353 e. The number of carboxylic acid groups (broad SMARTS) is 1. The number of hydrogen-bond donors (Lipinski definition) is 2. The molecular weight excluding hydrogens is 416 g/mol. The Bertz CT molecular complexity index is 1120. The van der Waals surface area contributed by atoms with Gasteiger partial charge in [0.1, 0.15) is 11.4 Å². The molecule has 0 saturated heterocycles. The van der Waals surface area contributed by atoms with Crippen LogP contribution in [0, 0.1) is 0 Å². The molecule has 3 rings (SSSR count). The maximum Gasteiger partial charge on any atom is 0.353 e. The third-order valence-electron chi connectivity index (χ3n) is 4.33. The van der Waals surface area contributed by atoms with Gasteiger partial charge in [-0.2, -0.15) is 5.10 Å². The largest absolute Gasteiger partial charge is 0.497 e. The lowest BCUT2D eigenvalue weighted by Gasteiger charge is -2.10. The first-order chi connectivity index (χ1) is 15.0. The minimum absolute atomic E-state index is 0.312. The lowest BCUT2D eigenvalue weighted by molar-refractivity contribution is -0.133. The Labute approximate surface area is 184 Å². The lowest BCUT2D eigenvalue weighted by Crippen LogP contribution is -2.19. The number of carbonyl (C=O) groups excluding carboxylic acids is 1. The number of ether oxygens (including phenoxy) is 1. The maximum atomic E-state index is 12.4. The second kappa shape index (κ2) is 10.2. The number of nitrogens with zero attached hydrogens (tertiary/aromatic N) is 1. The van der Waals surface area contributed by atoms with Crippen LogP contribution in [0.3, 0.4) is 0 Å². The van der Waals surface area contributed by atoms with Crippen LogP contribution in [0.1, 0.15) is 21.5 Å². The van der Waals surface area contributed by atoms with Crippen molar-refractivity contribution in [2.75, 3.05) is 7.11 Å². The SMILES string of the molecule is COc1ccc(C(=NNC(=CC(=O)c2ccc(Cl)cc2)C(=O)O)c2ccccc2)cc1. The van der Waals surface area contributed by atoms with Gasteiger partial charge in [-0.05, 0) is 48.5 Å². The Hall–Kier alpha value is -3.90. The third kappa shape index (κ3) is 5.81. The Morgan fingerprint density at radius 3 is 2.06 bits per heavy atom. The van der Waals surface area contributed by atoms with E-state index in [0.717, 1.165) is 17.2 Å². The molecule has 0 fully saturated rings. The molecule has 0 aliphatic rings. The molecule has 0 unspecified atom stereocenters. The number of hydrogen-bond acceptors (Lipinski definition) is 5. The van der Waals surface area contributed by atoms with Crippen molar-refractivity contribution in [2.24, 2.45) is 5.10 Å². The Balaban J connectivity index is 1.94. The van der Waals surface area contributed by atoms with E-state index in [4.69, 9.17) is 16.3 Å². The number of carboxylic acids is 1. The summed E-state index contributed by atoms with van der Waals surface area (Å²) < 4.78 is 5.19. The average Bonchev–Trinajstić information content (AvgIpc) is 2.79. The average molecular weight is 435 g/mol. The summed E-state index contributed by atoms with van der Waals surface area (Å²) in [5.41, 5.74) is 4.51. The van der Waals surface area contributed by atoms with E-state index in [9.17, 15) is 14.7 Å². The van der Waals surface area contributed by atoms with E-state index in [1.54, 1.807) is 31.4 Å². The number of rotatable bonds is 8. The molecule has 0 saturated carbocycles. The van der Waals surface area contributed by atoms with E-state index in [-0.39, 0.29) is 5.70 Å². The number of hydrazone groups is 1. The zero-order valence-corrected chi connectivity index (χ0v) is 17.3. The molecule has 0 amide bonds. The molecule has 0 radical (unpaired) electrons. The molecule has 2 N–H and O–H groups in total. The van der Waals surface area contributed by atoms with E-state index in [1.807, 2.05) is 42.5 Å². The van der Waals surface area contributed by atoms with Gasteiger partial charge in [-0.15, -0.1) is 0 Å². The van der Waals surface area contributed by atoms with Crippen molar-refractivity contribution in [3.8, 4) is 5.75 Å². The van der Waals surface area contributed by atoms with Gasteiger partial charge in [0.05, 0.1) is 12.8 Å². The molecule has 0 bridgehead atoms. The lowest BCUT2D eigenvalue weighted by atomic mass is 10.0. The molecule has 31 heavy (non-hydrogen) atoms. The fourth-order valence-corrected chi connectivity index (χ4v) is 2.85. The third-order valence-corrected chi connectivity index (χ3v) is 4.59. The normalized spacial score (nSPS) is 11.7. The van der Waals surface area contributed by atoms with Crippen LogP contribution in [-0.2, 0) is 4.79 Å². The number of aliphatic carboxylic acids is 1. The van der Waals surface area contributed by atoms with Crippen LogP contribution < -0.4 is 10.2 Å². The van der Waals surface area contributed by atoms with Gasteiger partial charge >= 0.3 is 5.97 Å². The van der Waals surface area contributed by atoms with Crippen molar-refractivity contribution >= 4 is 29.1 Å². The molecular formula is C24H19ClN2O4. The highest BCUT2D eigenvalue weighted by molar-refractivity contribution is 6.30. The quantitative estimate of drug-likeness (QED) is 0.235. The van der Waals surface area contributed by atoms with Crippen molar-refractivity contribution in [1.29, 1.82) is 0 Å². The van der Waals surface area contributed by atoms with E-state index in [1.165, 1.54) is 12.1 Å². The van der Waals surface area contributed by atoms with Crippen molar-refractivity contribution in [3.63, 3.8) is 0 Å². The zero-order valence-electron chi connectivity index (χ0n) is 16.6. The second-order valence-electron chi connectivity index (χ2n) is 6.40. The standard InChI is InChI=1S/C24H19ClN2O4/c1-31-20-13-9-18(10-14-20)23(17-5-3-2-4-6-17)27-26-21(24(29)30)15-22(28)16-7-11-19(25)12-8-16/h2-15,26H,1H3,(H,29,30). The number of allylic oxidation sites excluding steroid dienone is 1. The van der Waals surface area contributed by atoms with E-state index >= 15 is 0 Å². The summed E-state index contributed by atoms with van der Waals surface area (Å²) in [5.74, 6) is -1.11. The van der Waals surface area contributed by atoms with Crippen LogP contribution in [0.15, 0.2) is 95.7 Å². The van der Waals surface area contributed by atoms with Crippen molar-refractivity contribution in [2.45, 2.75) is 0 Å². The first kappa shape index (κ1) is 21.8. The monoisotopic (exact) mass is 434 g/mol. The number of ketones is 1. The van der Waals surface area contributed by atoms with Gasteiger partial charge < -0.3 is 9.84 Å². The van der Waals surface area contributed by atoms with Gasteiger partial charge in [-0.25, -0.2) is 4.79 Å². The van der Waals surface area contributed by atoms with Gasteiger partial charge in [0.2, 0.25) is 0 Å². The first-order valence-electron chi connectivity index (χ1n) is 9.26. The molecule has 3 aromatic rings. The molecule has 7 heteroatoms. The van der Waals surface area contributed by atoms with Crippen LogP contribution >= 0.6 is 11.6 Å². The summed E-state index contributed by atoms with van der Waals surface area (Å²) in [6.07, 6.45) is 0.992. The van der Waals surface area contributed by atoms with Crippen LogP contribution in [-0.4, -0.2) is 29.7 Å². The number of methoxy groups -OCH3 is 1. The van der Waals surface area contributed by atoms with Gasteiger partial charge in [0.15, 0.2) is 5.78 Å². The highest BCUT2D eigenvalue weighted by Gasteiger charge is 2.13. The summed E-state index contributed by atoms with van der Waals surface area (Å²) in [4.78, 5) is 24.1. The molecule has 156 valence electrons. The number of halogens is 1. The van der Waals surface area contributed by atoms with E-state index in [0.29, 0.717) is 22.0 Å². The fourth-order valence-electron chi connectivity index (χ4n) is 2.73. The van der Waals surface area contributed by atoms with Crippen LogP contribution in [0.2, 0.25) is 5.02 Å². The summed E-state index contributed by atoms with van der Waals surface area (Å²) in [7, 11) is 1.57. The highest BCUT2D eigenvalue weighted by atomic mass is 35.5. The minimum atomic E-state index is -1.31. The Morgan fingerprint density at radius 2 is 1.48 bits per heavy atom. The first-order valence-corrected chi connectivity index (χ1v) is 9.64. The van der Waals surface area contributed by atoms with Crippen LogP contribution in [0.5, 0.6) is 5.75 Å². The van der Waals surface area contributed by atoms with Gasteiger partial charge in [-0.3, -0.25) is 10.2 Å². The predicted octanol–water partition coefficient (Wildman–Crippen LogP) is 4.54. The number of benzene rings is 3. The summed E-state index contributed by atoms with van der Waals surface area (Å²) >= 11 is 5.83. The highest BCUT2D eigenvalue weighted by Crippen LogP contribution is 2.16. The molecule has 0 aliphatic heterocycles. The second-order valence-corrected chi connectivity index (χ2v) is 6.84. The molecule has 6 nitrogen and oxygen atoms in total. The molecule has 0 heterocycles. The summed E-state index contributed by atoms with van der Waals surface area (Å²) in [5, 5.41) is 14.3. The van der Waals surface area contributed by atoms with Crippen molar-refractivity contribution < 1.29 is 19.4 Å². The summed E-state index contributed by atoms with van der Waals surface area (Å²) in [6.45, 7) is 0.